The van der Waals surface area contributed by atoms with Crippen molar-refractivity contribution in [2.45, 2.75) is 23.1 Å². The Bertz CT molecular complexity index is 740. The van der Waals surface area contributed by atoms with Crippen LogP contribution in [0.5, 0.6) is 5.75 Å². The summed E-state index contributed by atoms with van der Waals surface area (Å²) in [5, 5.41) is 22.4. The summed E-state index contributed by atoms with van der Waals surface area (Å²) < 4.78 is 6.00. The van der Waals surface area contributed by atoms with Crippen LogP contribution in [0.2, 0.25) is 0 Å². The van der Waals surface area contributed by atoms with Crippen LogP contribution in [0.3, 0.4) is 0 Å². The molecule has 1 fully saturated rings. The lowest BCUT2D eigenvalue weighted by Crippen LogP contribution is -2.44. The van der Waals surface area contributed by atoms with E-state index in [2.05, 4.69) is 10.3 Å². The predicted octanol–water partition coefficient (Wildman–Crippen LogP) is 2.54. The third kappa shape index (κ3) is 5.88. The Hall–Kier alpha value is -1.74. The number of aliphatic hydroxyl groups is 2. The summed E-state index contributed by atoms with van der Waals surface area (Å²) in [5.41, 5.74) is 1.64. The highest BCUT2D eigenvalue weighted by atomic mass is 32.2. The molecular weight excluding hydrogens is 396 g/mol. The van der Waals surface area contributed by atoms with Crippen molar-refractivity contribution in [2.75, 3.05) is 24.7 Å². The number of hydrogen-bond donors (Lipinski definition) is 3. The summed E-state index contributed by atoms with van der Waals surface area (Å²) in [5.74, 6) is 2.56. The summed E-state index contributed by atoms with van der Waals surface area (Å²) in [6.07, 6.45) is 1.71. The third-order valence-electron chi connectivity index (χ3n) is 4.26. The summed E-state index contributed by atoms with van der Waals surface area (Å²) in [6, 6.07) is 12.0. The van der Waals surface area contributed by atoms with E-state index in [0.717, 1.165) is 0 Å². The second-order valence-electron chi connectivity index (χ2n) is 6.34. The fraction of sp³-hybridized carbons (Fsp3) is 0.400. The largest absolute Gasteiger partial charge is 0.484 e. The molecule has 0 radical (unpaired) electrons. The zero-order valence-electron chi connectivity index (χ0n) is 15.4. The molecule has 0 bridgehead atoms. The molecule has 2 unspecified atom stereocenters. The van der Waals surface area contributed by atoms with Gasteiger partial charge in [0, 0.05) is 6.20 Å². The number of rotatable bonds is 8. The van der Waals surface area contributed by atoms with E-state index >= 15 is 0 Å². The monoisotopic (exact) mass is 420 g/mol. The number of aliphatic hydroxyl groups excluding tert-OH is 2. The van der Waals surface area contributed by atoms with E-state index in [-0.39, 0.29) is 6.61 Å². The van der Waals surface area contributed by atoms with Crippen molar-refractivity contribution < 1.29 is 19.7 Å². The van der Waals surface area contributed by atoms with Gasteiger partial charge >= 0.3 is 0 Å². The molecule has 28 heavy (non-hydrogen) atoms. The van der Waals surface area contributed by atoms with Gasteiger partial charge in [-0.2, -0.15) is 0 Å². The average molecular weight is 421 g/mol. The van der Waals surface area contributed by atoms with Gasteiger partial charge in [-0.25, -0.2) is 0 Å². The van der Waals surface area contributed by atoms with E-state index in [1.807, 2.05) is 47.8 Å². The number of thioether (sulfide) groups is 2. The molecule has 1 saturated heterocycles. The maximum atomic E-state index is 12.2. The van der Waals surface area contributed by atoms with Gasteiger partial charge in [0.05, 0.1) is 22.9 Å². The topological polar surface area (TPSA) is 91.7 Å². The molecule has 1 aliphatic rings. The highest BCUT2D eigenvalue weighted by Gasteiger charge is 2.23. The van der Waals surface area contributed by atoms with Crippen molar-refractivity contribution in [2.24, 2.45) is 0 Å². The van der Waals surface area contributed by atoms with Crippen molar-refractivity contribution in [1.29, 1.82) is 0 Å². The van der Waals surface area contributed by atoms with Crippen LogP contribution in [-0.2, 0) is 4.79 Å². The van der Waals surface area contributed by atoms with Gasteiger partial charge in [-0.1, -0.05) is 18.2 Å². The third-order valence-corrected chi connectivity index (χ3v) is 7.28. The van der Waals surface area contributed by atoms with Crippen LogP contribution in [0.4, 0.5) is 0 Å². The molecule has 1 aliphatic heterocycles. The van der Waals surface area contributed by atoms with E-state index in [1.54, 1.807) is 24.4 Å². The number of benzene rings is 1. The van der Waals surface area contributed by atoms with Gasteiger partial charge in [0.25, 0.3) is 5.91 Å². The molecule has 2 heterocycles. The number of aromatic nitrogens is 1. The van der Waals surface area contributed by atoms with Crippen molar-refractivity contribution in [3.63, 3.8) is 0 Å². The van der Waals surface area contributed by atoms with Crippen LogP contribution in [0.25, 0.3) is 0 Å². The Balaban J connectivity index is 1.49. The standard InChI is InChI=1S/C20H24N2O4S2/c23-12-17(19(25)16-4-1-2-9-21-16)22-18(24)13-26-15-7-5-14(6-8-15)20-27-10-3-11-28-20/h1-2,4-9,17,19-20,23,25H,3,10-13H2,(H,22,24). The van der Waals surface area contributed by atoms with Gasteiger partial charge in [0.15, 0.2) is 6.61 Å². The van der Waals surface area contributed by atoms with Crippen molar-refractivity contribution in [3.05, 3.63) is 59.9 Å². The first-order valence-electron chi connectivity index (χ1n) is 9.12. The molecule has 0 saturated carbocycles. The van der Waals surface area contributed by atoms with Crippen LogP contribution >= 0.6 is 23.5 Å². The van der Waals surface area contributed by atoms with E-state index in [4.69, 9.17) is 4.74 Å². The molecule has 6 nitrogen and oxygen atoms in total. The lowest BCUT2D eigenvalue weighted by Gasteiger charge is -2.22. The van der Waals surface area contributed by atoms with Gasteiger partial charge < -0.3 is 20.3 Å². The van der Waals surface area contributed by atoms with E-state index in [0.29, 0.717) is 16.0 Å². The maximum Gasteiger partial charge on any atom is 0.258 e. The van der Waals surface area contributed by atoms with E-state index in [9.17, 15) is 15.0 Å². The molecule has 3 N–H and O–H groups in total. The summed E-state index contributed by atoms with van der Waals surface area (Å²) in [4.78, 5) is 16.2. The first kappa shape index (κ1) is 21.0. The van der Waals surface area contributed by atoms with Gasteiger partial charge in [-0.15, -0.1) is 23.5 Å². The Morgan fingerprint density at radius 3 is 2.61 bits per heavy atom. The van der Waals surface area contributed by atoms with Crippen molar-refractivity contribution in [1.82, 2.24) is 10.3 Å². The smallest absolute Gasteiger partial charge is 0.258 e. The fourth-order valence-corrected chi connectivity index (χ4v) is 5.67. The molecule has 8 heteroatoms. The van der Waals surface area contributed by atoms with Crippen LogP contribution in [0, 0.1) is 0 Å². The van der Waals surface area contributed by atoms with Crippen LogP contribution in [0.1, 0.15) is 28.4 Å². The highest BCUT2D eigenvalue weighted by Crippen LogP contribution is 2.43. The Labute approximate surface area is 173 Å². The lowest BCUT2D eigenvalue weighted by molar-refractivity contribution is -0.125. The molecule has 1 aromatic carbocycles. The average Bonchev–Trinajstić information content (AvgIpc) is 2.77. The molecule has 1 amide bonds. The Morgan fingerprint density at radius 2 is 1.96 bits per heavy atom. The van der Waals surface area contributed by atoms with Gasteiger partial charge in [0.2, 0.25) is 0 Å². The van der Waals surface area contributed by atoms with Gasteiger partial charge in [0.1, 0.15) is 11.9 Å². The first-order valence-corrected chi connectivity index (χ1v) is 11.2. The molecule has 3 rings (SSSR count). The van der Waals surface area contributed by atoms with Crippen molar-refractivity contribution >= 4 is 29.4 Å². The minimum atomic E-state index is -1.10. The molecule has 1 aromatic heterocycles. The molecule has 2 atom stereocenters. The van der Waals surface area contributed by atoms with Crippen LogP contribution in [-0.4, -0.2) is 51.9 Å². The van der Waals surface area contributed by atoms with E-state index < -0.39 is 24.7 Å². The summed E-state index contributed by atoms with van der Waals surface area (Å²) in [7, 11) is 0. The fourth-order valence-electron chi connectivity index (χ4n) is 2.78. The predicted molar refractivity (Wildman–Crippen MR) is 112 cm³/mol. The normalized spacial score (nSPS) is 16.9. The van der Waals surface area contributed by atoms with E-state index in [1.165, 1.54) is 23.5 Å². The highest BCUT2D eigenvalue weighted by molar-refractivity contribution is 8.16. The number of hydrogen-bond acceptors (Lipinski definition) is 7. The molecule has 0 aliphatic carbocycles. The Kier molecular flexibility index (Phi) is 8.02. The van der Waals surface area contributed by atoms with Gasteiger partial charge in [-0.05, 0) is 47.8 Å². The van der Waals surface area contributed by atoms with Crippen LogP contribution in [0.15, 0.2) is 48.7 Å². The summed E-state index contributed by atoms with van der Waals surface area (Å²) >= 11 is 3.91. The second kappa shape index (κ2) is 10.7. The molecular formula is C20H24N2O4S2. The SMILES string of the molecule is O=C(COc1ccc(C2SCCCS2)cc1)NC(CO)C(O)c1ccccn1. The minimum Gasteiger partial charge on any atom is -0.484 e. The van der Waals surface area contributed by atoms with Crippen LogP contribution < -0.4 is 10.1 Å². The zero-order valence-corrected chi connectivity index (χ0v) is 17.0. The number of pyridine rings is 1. The molecule has 0 spiro atoms. The first-order chi connectivity index (χ1) is 13.7. The van der Waals surface area contributed by atoms with Gasteiger partial charge in [-0.3, -0.25) is 9.78 Å². The number of carbonyl (C=O) groups excluding carboxylic acids is 1. The quantitative estimate of drug-likeness (QED) is 0.604. The number of carbonyl (C=O) groups is 1. The lowest BCUT2D eigenvalue weighted by atomic mass is 10.1. The van der Waals surface area contributed by atoms with Crippen molar-refractivity contribution in [3.8, 4) is 5.75 Å². The second-order valence-corrected chi connectivity index (χ2v) is 9.07. The number of amides is 1. The molecule has 150 valence electrons. The zero-order chi connectivity index (χ0) is 19.8. The number of ether oxygens (including phenoxy) is 1. The summed E-state index contributed by atoms with van der Waals surface area (Å²) in [6.45, 7) is -0.605. The maximum absolute atomic E-state index is 12.2. The minimum absolute atomic E-state index is 0.197. The molecule has 2 aromatic rings. The number of nitrogens with zero attached hydrogens (tertiary/aromatic N) is 1. The number of nitrogens with one attached hydrogen (secondary N) is 1. The Morgan fingerprint density at radius 1 is 1.21 bits per heavy atom.